The average Bonchev–Trinajstić information content (AvgIpc) is 3.07. The molecule has 0 amide bonds. The molecule has 2 aromatic rings. The predicted octanol–water partition coefficient (Wildman–Crippen LogP) is 3.22. The maximum Gasteiger partial charge on any atom is 0.270 e. The van der Waals surface area contributed by atoms with Gasteiger partial charge >= 0.3 is 0 Å². The Morgan fingerprint density at radius 3 is 2.65 bits per heavy atom. The fraction of sp³-hybridized carbons (Fsp3) is 0.643. The van der Waals surface area contributed by atoms with Crippen LogP contribution in [0.2, 0.25) is 0 Å². The molecule has 0 unspecified atom stereocenters. The Morgan fingerprint density at radius 2 is 2.00 bits per heavy atom. The van der Waals surface area contributed by atoms with Crippen LogP contribution in [-0.4, -0.2) is 15.1 Å². The largest absolute Gasteiger partial charge is 0.333 e. The van der Waals surface area contributed by atoms with E-state index in [4.69, 9.17) is 10.3 Å². The van der Waals surface area contributed by atoms with Gasteiger partial charge in [0, 0.05) is 5.41 Å². The number of nitrogens with two attached hydrogens (primary N) is 1. The molecule has 3 rings (SSSR count). The molecule has 1 fully saturated rings. The molecule has 0 radical (unpaired) electrons. The van der Waals surface area contributed by atoms with Gasteiger partial charge in [-0.2, -0.15) is 4.98 Å². The van der Waals surface area contributed by atoms with Crippen molar-refractivity contribution in [1.29, 1.82) is 0 Å². The SMILES string of the molecule is CC(C)(C)c1ncsc1-c1nc(C2(N)CCCC2)no1. The molecule has 1 aliphatic carbocycles. The standard InChI is InChI=1S/C14H20N4OS/c1-13(2,3)10-9(20-8-16-10)11-17-12(18-19-11)14(15)6-4-5-7-14/h8H,4-7,15H2,1-3H3. The van der Waals surface area contributed by atoms with E-state index in [-0.39, 0.29) is 5.41 Å². The van der Waals surface area contributed by atoms with E-state index in [1.807, 2.05) is 5.51 Å². The first-order valence-electron chi connectivity index (χ1n) is 6.97. The van der Waals surface area contributed by atoms with E-state index in [0.717, 1.165) is 36.3 Å². The molecule has 20 heavy (non-hydrogen) atoms. The first kappa shape index (κ1) is 13.7. The van der Waals surface area contributed by atoms with Gasteiger partial charge < -0.3 is 10.3 Å². The van der Waals surface area contributed by atoms with Crippen molar-refractivity contribution in [3.05, 3.63) is 17.0 Å². The van der Waals surface area contributed by atoms with Gasteiger partial charge in [0.1, 0.15) is 4.88 Å². The lowest BCUT2D eigenvalue weighted by atomic mass is 9.91. The minimum Gasteiger partial charge on any atom is -0.333 e. The van der Waals surface area contributed by atoms with Crippen LogP contribution in [0.1, 0.15) is 58.0 Å². The van der Waals surface area contributed by atoms with Gasteiger partial charge in [0.2, 0.25) is 0 Å². The summed E-state index contributed by atoms with van der Waals surface area (Å²) in [6, 6.07) is 0. The molecule has 0 bridgehead atoms. The number of nitrogens with zero attached hydrogens (tertiary/aromatic N) is 3. The Kier molecular flexibility index (Phi) is 3.17. The zero-order chi connectivity index (χ0) is 14.4. The summed E-state index contributed by atoms with van der Waals surface area (Å²) in [5.74, 6) is 1.18. The predicted molar refractivity (Wildman–Crippen MR) is 78.4 cm³/mol. The molecule has 0 atom stereocenters. The molecule has 2 N–H and O–H groups in total. The summed E-state index contributed by atoms with van der Waals surface area (Å²) < 4.78 is 5.45. The molecule has 2 aromatic heterocycles. The van der Waals surface area contributed by atoms with E-state index in [1.54, 1.807) is 0 Å². The first-order chi connectivity index (χ1) is 9.40. The molecule has 5 nitrogen and oxygen atoms in total. The molecule has 1 saturated carbocycles. The van der Waals surface area contributed by atoms with Crippen molar-refractivity contribution in [2.75, 3.05) is 0 Å². The fourth-order valence-corrected chi connectivity index (χ4v) is 3.60. The van der Waals surface area contributed by atoms with Crippen molar-refractivity contribution < 1.29 is 4.52 Å². The lowest BCUT2D eigenvalue weighted by Gasteiger charge is -2.18. The maximum absolute atomic E-state index is 6.37. The third-order valence-corrected chi connectivity index (χ3v) is 4.65. The molecule has 0 spiro atoms. The van der Waals surface area contributed by atoms with E-state index >= 15 is 0 Å². The van der Waals surface area contributed by atoms with Gasteiger partial charge in [0.15, 0.2) is 5.82 Å². The van der Waals surface area contributed by atoms with E-state index in [2.05, 4.69) is 35.9 Å². The molecule has 0 aromatic carbocycles. The Balaban J connectivity index is 1.97. The average molecular weight is 292 g/mol. The zero-order valence-corrected chi connectivity index (χ0v) is 13.0. The zero-order valence-electron chi connectivity index (χ0n) is 12.1. The molecule has 0 aliphatic heterocycles. The van der Waals surface area contributed by atoms with Gasteiger partial charge in [-0.1, -0.05) is 38.8 Å². The molecule has 2 heterocycles. The van der Waals surface area contributed by atoms with Crippen LogP contribution < -0.4 is 5.73 Å². The highest BCUT2D eigenvalue weighted by molar-refractivity contribution is 7.13. The van der Waals surface area contributed by atoms with Gasteiger partial charge in [-0.15, -0.1) is 11.3 Å². The van der Waals surface area contributed by atoms with Crippen LogP contribution in [0.5, 0.6) is 0 Å². The summed E-state index contributed by atoms with van der Waals surface area (Å²) >= 11 is 1.54. The third kappa shape index (κ3) is 2.27. The van der Waals surface area contributed by atoms with Crippen LogP contribution in [0.3, 0.4) is 0 Å². The number of thiazole rings is 1. The number of hydrogen-bond acceptors (Lipinski definition) is 6. The van der Waals surface area contributed by atoms with Crippen molar-refractivity contribution in [2.24, 2.45) is 5.73 Å². The second kappa shape index (κ2) is 4.63. The summed E-state index contributed by atoms with van der Waals surface area (Å²) in [6.07, 6.45) is 4.13. The lowest BCUT2D eigenvalue weighted by molar-refractivity contribution is 0.372. The lowest BCUT2D eigenvalue weighted by Crippen LogP contribution is -2.34. The normalized spacial score (nSPS) is 18.6. The second-order valence-corrected chi connectivity index (χ2v) is 7.42. The summed E-state index contributed by atoms with van der Waals surface area (Å²) in [4.78, 5) is 9.95. The first-order valence-corrected chi connectivity index (χ1v) is 7.85. The van der Waals surface area contributed by atoms with Crippen LogP contribution >= 0.6 is 11.3 Å². The van der Waals surface area contributed by atoms with Crippen molar-refractivity contribution in [2.45, 2.75) is 57.4 Å². The highest BCUT2D eigenvalue weighted by Gasteiger charge is 2.36. The van der Waals surface area contributed by atoms with Crippen molar-refractivity contribution in [3.63, 3.8) is 0 Å². The van der Waals surface area contributed by atoms with Crippen LogP contribution in [0.15, 0.2) is 10.0 Å². The van der Waals surface area contributed by atoms with Crippen LogP contribution in [0.4, 0.5) is 0 Å². The van der Waals surface area contributed by atoms with Gasteiger partial charge in [0.05, 0.1) is 16.7 Å². The smallest absolute Gasteiger partial charge is 0.270 e. The van der Waals surface area contributed by atoms with Gasteiger partial charge in [0.25, 0.3) is 5.89 Å². The van der Waals surface area contributed by atoms with Crippen molar-refractivity contribution >= 4 is 11.3 Å². The Hall–Kier alpha value is -1.27. The second-order valence-electron chi connectivity index (χ2n) is 6.57. The molecule has 108 valence electrons. The van der Waals surface area contributed by atoms with Crippen molar-refractivity contribution in [3.8, 4) is 10.8 Å². The summed E-state index contributed by atoms with van der Waals surface area (Å²) in [5, 5.41) is 4.12. The van der Waals surface area contributed by atoms with Crippen LogP contribution in [-0.2, 0) is 11.0 Å². The highest BCUT2D eigenvalue weighted by Crippen LogP contribution is 2.38. The minimum atomic E-state index is -0.408. The van der Waals surface area contributed by atoms with Crippen LogP contribution in [0, 0.1) is 0 Å². The Morgan fingerprint density at radius 1 is 1.30 bits per heavy atom. The molecular formula is C14H20N4OS. The summed E-state index contributed by atoms with van der Waals surface area (Å²) in [6.45, 7) is 6.39. The highest BCUT2D eigenvalue weighted by atomic mass is 32.1. The molecule has 1 aliphatic rings. The van der Waals surface area contributed by atoms with Gasteiger partial charge in [-0.05, 0) is 12.8 Å². The molecule has 6 heteroatoms. The van der Waals surface area contributed by atoms with E-state index in [0.29, 0.717) is 11.7 Å². The van der Waals surface area contributed by atoms with Crippen molar-refractivity contribution in [1.82, 2.24) is 15.1 Å². The number of rotatable bonds is 2. The van der Waals surface area contributed by atoms with E-state index in [1.165, 1.54) is 11.3 Å². The number of aromatic nitrogens is 3. The monoisotopic (exact) mass is 292 g/mol. The van der Waals surface area contributed by atoms with E-state index in [9.17, 15) is 0 Å². The van der Waals surface area contributed by atoms with Gasteiger partial charge in [-0.25, -0.2) is 4.98 Å². The van der Waals surface area contributed by atoms with Gasteiger partial charge in [-0.3, -0.25) is 0 Å². The van der Waals surface area contributed by atoms with E-state index < -0.39 is 5.54 Å². The molecule has 0 saturated heterocycles. The maximum atomic E-state index is 6.37. The van der Waals surface area contributed by atoms with Crippen LogP contribution in [0.25, 0.3) is 10.8 Å². The Labute approximate surface area is 122 Å². The quantitative estimate of drug-likeness (QED) is 0.919. The fourth-order valence-electron chi connectivity index (χ4n) is 2.68. The third-order valence-electron chi connectivity index (χ3n) is 3.84. The summed E-state index contributed by atoms with van der Waals surface area (Å²) in [5.41, 5.74) is 8.74. The number of hydrogen-bond donors (Lipinski definition) is 1. The molecular weight excluding hydrogens is 272 g/mol. The summed E-state index contributed by atoms with van der Waals surface area (Å²) in [7, 11) is 0. The Bertz CT molecular complexity index is 605. The topological polar surface area (TPSA) is 77.8 Å². The minimum absolute atomic E-state index is 0.0439.